The highest BCUT2D eigenvalue weighted by Gasteiger charge is 2.36. The van der Waals surface area contributed by atoms with Crippen LogP contribution in [-0.2, 0) is 19.1 Å². The molecule has 0 aromatic heterocycles. The molecular formula is C8H12O7S. The van der Waals surface area contributed by atoms with Gasteiger partial charge >= 0.3 is 5.97 Å². The summed E-state index contributed by atoms with van der Waals surface area (Å²) in [6, 6.07) is 0. The second-order valence-electron chi connectivity index (χ2n) is 3.52. The lowest BCUT2D eigenvalue weighted by molar-refractivity contribution is -0.134. The quantitative estimate of drug-likeness (QED) is 0.521. The standard InChI is InChI=1S/C8H12O7S/c1-16(13,14)15-7-5(9)2-4(8(11)12)3-6(7)10/h2,5-7,9-10H,3H2,1H3,(H,11,12)/t5-,6-,7-/m1/s1. The van der Waals surface area contributed by atoms with Gasteiger partial charge in [-0.05, 0) is 6.08 Å². The lowest BCUT2D eigenvalue weighted by Crippen LogP contribution is -2.44. The summed E-state index contributed by atoms with van der Waals surface area (Å²) >= 11 is 0. The number of hydrogen-bond donors (Lipinski definition) is 3. The van der Waals surface area contributed by atoms with Crippen molar-refractivity contribution in [3.8, 4) is 0 Å². The van der Waals surface area contributed by atoms with Crippen molar-refractivity contribution >= 4 is 16.1 Å². The van der Waals surface area contributed by atoms with Gasteiger partial charge in [-0.1, -0.05) is 0 Å². The number of aliphatic hydroxyl groups excluding tert-OH is 2. The number of carboxylic acid groups (broad SMARTS) is 1. The van der Waals surface area contributed by atoms with E-state index in [9.17, 15) is 23.4 Å². The van der Waals surface area contributed by atoms with E-state index in [4.69, 9.17) is 5.11 Å². The van der Waals surface area contributed by atoms with Gasteiger partial charge in [-0.25, -0.2) is 4.79 Å². The van der Waals surface area contributed by atoms with Gasteiger partial charge in [0.2, 0.25) is 0 Å². The molecule has 0 unspecified atom stereocenters. The Labute approximate surface area is 92.1 Å². The molecule has 0 fully saturated rings. The molecule has 0 aromatic rings. The van der Waals surface area contributed by atoms with E-state index in [0.717, 1.165) is 12.3 Å². The zero-order chi connectivity index (χ0) is 12.5. The van der Waals surface area contributed by atoms with Crippen LogP contribution in [0.25, 0.3) is 0 Å². The van der Waals surface area contributed by atoms with Gasteiger partial charge in [-0.3, -0.25) is 4.18 Å². The first kappa shape index (κ1) is 13.1. The van der Waals surface area contributed by atoms with Gasteiger partial charge in [0.1, 0.15) is 12.2 Å². The fraction of sp³-hybridized carbons (Fsp3) is 0.625. The predicted octanol–water partition coefficient (Wildman–Crippen LogP) is -1.53. The monoisotopic (exact) mass is 252 g/mol. The van der Waals surface area contributed by atoms with E-state index in [1.807, 2.05) is 0 Å². The molecule has 0 bridgehead atoms. The first-order chi connectivity index (χ1) is 7.20. The summed E-state index contributed by atoms with van der Waals surface area (Å²) in [6.45, 7) is 0. The summed E-state index contributed by atoms with van der Waals surface area (Å²) in [5, 5.41) is 27.5. The van der Waals surface area contributed by atoms with Crippen LogP contribution in [0.1, 0.15) is 6.42 Å². The Morgan fingerprint density at radius 2 is 2.06 bits per heavy atom. The van der Waals surface area contributed by atoms with Gasteiger partial charge in [-0.15, -0.1) is 0 Å². The summed E-state index contributed by atoms with van der Waals surface area (Å²) in [6.07, 6.45) is -2.73. The minimum atomic E-state index is -3.82. The Bertz CT molecular complexity index is 410. The van der Waals surface area contributed by atoms with Gasteiger partial charge in [0.15, 0.2) is 0 Å². The first-order valence-corrected chi connectivity index (χ1v) is 6.21. The lowest BCUT2D eigenvalue weighted by Gasteiger charge is -2.29. The third-order valence-electron chi connectivity index (χ3n) is 2.08. The fourth-order valence-corrected chi connectivity index (χ4v) is 2.07. The average molecular weight is 252 g/mol. The first-order valence-electron chi connectivity index (χ1n) is 4.39. The van der Waals surface area contributed by atoms with E-state index in [-0.39, 0.29) is 12.0 Å². The smallest absolute Gasteiger partial charge is 0.331 e. The average Bonchev–Trinajstić information content (AvgIpc) is 2.09. The molecule has 0 radical (unpaired) electrons. The highest BCUT2D eigenvalue weighted by atomic mass is 32.2. The third kappa shape index (κ3) is 3.27. The molecule has 0 aliphatic heterocycles. The zero-order valence-corrected chi connectivity index (χ0v) is 9.22. The van der Waals surface area contributed by atoms with Crippen molar-refractivity contribution in [2.24, 2.45) is 0 Å². The van der Waals surface area contributed by atoms with Crippen LogP contribution in [0.2, 0.25) is 0 Å². The Hall–Kier alpha value is -0.960. The molecule has 3 N–H and O–H groups in total. The molecule has 0 heterocycles. The molecule has 7 nitrogen and oxygen atoms in total. The maximum atomic E-state index is 10.8. The number of aliphatic carboxylic acids is 1. The van der Waals surface area contributed by atoms with Crippen LogP contribution in [-0.4, -0.2) is 54.3 Å². The van der Waals surface area contributed by atoms with E-state index in [2.05, 4.69) is 4.18 Å². The molecule has 0 amide bonds. The molecule has 1 aliphatic carbocycles. The van der Waals surface area contributed by atoms with Gasteiger partial charge in [0.25, 0.3) is 10.1 Å². The van der Waals surface area contributed by atoms with Crippen molar-refractivity contribution in [3.63, 3.8) is 0 Å². The van der Waals surface area contributed by atoms with Crippen LogP contribution < -0.4 is 0 Å². The fourth-order valence-electron chi connectivity index (χ4n) is 1.42. The van der Waals surface area contributed by atoms with E-state index in [1.165, 1.54) is 0 Å². The highest BCUT2D eigenvalue weighted by Crippen LogP contribution is 2.23. The largest absolute Gasteiger partial charge is 0.478 e. The molecule has 8 heteroatoms. The Morgan fingerprint density at radius 1 is 1.50 bits per heavy atom. The molecule has 3 atom stereocenters. The van der Waals surface area contributed by atoms with Crippen LogP contribution in [0.15, 0.2) is 11.6 Å². The highest BCUT2D eigenvalue weighted by molar-refractivity contribution is 7.86. The molecule has 92 valence electrons. The van der Waals surface area contributed by atoms with Gasteiger partial charge in [-0.2, -0.15) is 8.42 Å². The van der Waals surface area contributed by atoms with Crippen molar-refractivity contribution in [3.05, 3.63) is 11.6 Å². The topological polar surface area (TPSA) is 121 Å². The van der Waals surface area contributed by atoms with Crippen LogP contribution in [0.4, 0.5) is 0 Å². The van der Waals surface area contributed by atoms with Crippen LogP contribution in [0, 0.1) is 0 Å². The number of hydrogen-bond acceptors (Lipinski definition) is 6. The van der Waals surface area contributed by atoms with E-state index in [1.54, 1.807) is 0 Å². The summed E-state index contributed by atoms with van der Waals surface area (Å²) in [5.74, 6) is -1.27. The normalized spacial score (nSPS) is 30.9. The number of carboxylic acids is 1. The predicted molar refractivity (Wildman–Crippen MR) is 52.1 cm³/mol. The molecule has 1 rings (SSSR count). The van der Waals surface area contributed by atoms with Gasteiger partial charge < -0.3 is 15.3 Å². The van der Waals surface area contributed by atoms with Crippen molar-refractivity contribution < 1.29 is 32.7 Å². The summed E-state index contributed by atoms with van der Waals surface area (Å²) in [5.41, 5.74) is -0.173. The SMILES string of the molecule is CS(=O)(=O)O[C@@H]1[C@H](O)C=C(C(=O)O)C[C@H]1O. The minimum absolute atomic E-state index is 0.173. The molecule has 1 aliphatic rings. The van der Waals surface area contributed by atoms with Crippen LogP contribution in [0.3, 0.4) is 0 Å². The molecule has 0 spiro atoms. The van der Waals surface area contributed by atoms with Gasteiger partial charge in [0.05, 0.1) is 12.4 Å². The second kappa shape index (κ2) is 4.50. The third-order valence-corrected chi connectivity index (χ3v) is 2.65. The van der Waals surface area contributed by atoms with Crippen molar-refractivity contribution in [2.75, 3.05) is 6.26 Å². The second-order valence-corrected chi connectivity index (χ2v) is 5.12. The molecule has 0 saturated carbocycles. The molecule has 16 heavy (non-hydrogen) atoms. The van der Waals surface area contributed by atoms with Crippen LogP contribution >= 0.6 is 0 Å². The minimum Gasteiger partial charge on any atom is -0.478 e. The summed E-state index contributed by atoms with van der Waals surface area (Å²) in [4.78, 5) is 10.6. The van der Waals surface area contributed by atoms with E-state index >= 15 is 0 Å². The zero-order valence-electron chi connectivity index (χ0n) is 8.40. The Balaban J connectivity index is 2.88. The molecular weight excluding hydrogens is 240 g/mol. The maximum absolute atomic E-state index is 10.8. The lowest BCUT2D eigenvalue weighted by atomic mass is 9.92. The number of aliphatic hydroxyl groups is 2. The van der Waals surface area contributed by atoms with Crippen molar-refractivity contribution in [2.45, 2.75) is 24.7 Å². The summed E-state index contributed by atoms with van der Waals surface area (Å²) < 4.78 is 26.1. The van der Waals surface area contributed by atoms with Crippen LogP contribution in [0.5, 0.6) is 0 Å². The van der Waals surface area contributed by atoms with E-state index in [0.29, 0.717) is 0 Å². The number of rotatable bonds is 3. The van der Waals surface area contributed by atoms with Crippen molar-refractivity contribution in [1.29, 1.82) is 0 Å². The summed E-state index contributed by atoms with van der Waals surface area (Å²) in [7, 11) is -3.82. The van der Waals surface area contributed by atoms with Gasteiger partial charge in [0, 0.05) is 12.0 Å². The molecule has 0 aromatic carbocycles. The number of carbonyl (C=O) groups is 1. The Morgan fingerprint density at radius 3 is 2.44 bits per heavy atom. The maximum Gasteiger partial charge on any atom is 0.331 e. The van der Waals surface area contributed by atoms with E-state index < -0.39 is 34.4 Å². The Kier molecular flexibility index (Phi) is 3.68. The van der Waals surface area contributed by atoms with Crippen molar-refractivity contribution in [1.82, 2.24) is 0 Å². The molecule has 0 saturated heterocycles.